The Morgan fingerprint density at radius 2 is 2.44 bits per heavy atom. The Bertz CT molecular complexity index is 647. The molecule has 3 heteroatoms. The van der Waals surface area contributed by atoms with Gasteiger partial charge in [0.25, 0.3) is 0 Å². The van der Waals surface area contributed by atoms with Gasteiger partial charge in [-0.25, -0.2) is 4.79 Å². The number of aromatic carboxylic acids is 1. The number of carboxylic acid groups (broad SMARTS) is 1. The summed E-state index contributed by atoms with van der Waals surface area (Å²) in [5.41, 5.74) is 3.07. The SMILES string of the molecule is [2H]C1CCC(CC)c2[nH]c3c(C(=O)O)cccc3c21. The first-order valence-electron chi connectivity index (χ1n) is 7.01. The van der Waals surface area contributed by atoms with E-state index >= 15 is 0 Å². The first-order chi connectivity index (χ1) is 9.13. The number of benzene rings is 1. The van der Waals surface area contributed by atoms with Crippen LogP contribution >= 0.6 is 0 Å². The highest BCUT2D eigenvalue weighted by Crippen LogP contribution is 2.38. The van der Waals surface area contributed by atoms with Crippen molar-refractivity contribution in [2.75, 3.05) is 0 Å². The highest BCUT2D eigenvalue weighted by molar-refractivity contribution is 6.03. The van der Waals surface area contributed by atoms with Crippen LogP contribution in [0.1, 0.15) is 55.1 Å². The van der Waals surface area contributed by atoms with E-state index in [1.807, 2.05) is 6.07 Å². The highest BCUT2D eigenvalue weighted by Gasteiger charge is 2.24. The van der Waals surface area contributed by atoms with Crippen LogP contribution in [-0.4, -0.2) is 16.1 Å². The van der Waals surface area contributed by atoms with Gasteiger partial charge in [0.05, 0.1) is 11.1 Å². The predicted octanol–water partition coefficient (Wildman–Crippen LogP) is 3.70. The van der Waals surface area contributed by atoms with Crippen LogP contribution in [0.3, 0.4) is 0 Å². The molecule has 18 heavy (non-hydrogen) atoms. The van der Waals surface area contributed by atoms with E-state index in [0.29, 0.717) is 17.0 Å². The Morgan fingerprint density at radius 3 is 3.17 bits per heavy atom. The molecule has 0 saturated heterocycles. The maximum absolute atomic E-state index is 11.3. The van der Waals surface area contributed by atoms with E-state index in [4.69, 9.17) is 1.37 Å². The topological polar surface area (TPSA) is 53.1 Å². The molecule has 94 valence electrons. The molecule has 1 aromatic carbocycles. The quantitative estimate of drug-likeness (QED) is 0.846. The van der Waals surface area contributed by atoms with Crippen molar-refractivity contribution in [1.29, 1.82) is 0 Å². The third-order valence-corrected chi connectivity index (χ3v) is 3.90. The molecular weight excluding hydrogens is 226 g/mol. The number of hydrogen-bond donors (Lipinski definition) is 2. The molecular formula is C15H17NO2. The fourth-order valence-corrected chi connectivity index (χ4v) is 2.96. The van der Waals surface area contributed by atoms with Crippen LogP contribution in [0, 0.1) is 0 Å². The van der Waals surface area contributed by atoms with Gasteiger partial charge in [0.2, 0.25) is 0 Å². The second-order valence-electron chi connectivity index (χ2n) is 4.87. The van der Waals surface area contributed by atoms with Gasteiger partial charge in [-0.05, 0) is 43.2 Å². The standard InChI is InChI=1S/C15H17NO2/c1-2-9-5-3-6-10-11-7-4-8-12(15(17)18)14(11)16-13(9)10/h4,7-9,16H,2-3,5-6H2,1H3,(H,17,18)/i6D. The Kier molecular flexibility index (Phi) is 2.35. The van der Waals surface area contributed by atoms with Crippen LogP contribution in [0.25, 0.3) is 10.9 Å². The molecule has 0 spiro atoms. The second kappa shape index (κ2) is 4.16. The zero-order valence-electron chi connectivity index (χ0n) is 11.4. The molecule has 3 nitrogen and oxygen atoms in total. The van der Waals surface area contributed by atoms with E-state index in [2.05, 4.69) is 11.9 Å². The number of fused-ring (bicyclic) bond motifs is 3. The molecule has 0 fully saturated rings. The molecule has 1 aromatic heterocycles. The van der Waals surface area contributed by atoms with E-state index in [1.165, 1.54) is 0 Å². The Hall–Kier alpha value is -1.77. The smallest absolute Gasteiger partial charge is 0.337 e. The number of aromatic nitrogens is 1. The maximum Gasteiger partial charge on any atom is 0.337 e. The van der Waals surface area contributed by atoms with Gasteiger partial charge < -0.3 is 10.1 Å². The van der Waals surface area contributed by atoms with Crippen molar-refractivity contribution < 1.29 is 11.3 Å². The van der Waals surface area contributed by atoms with Crippen LogP contribution in [0.2, 0.25) is 0 Å². The number of nitrogens with one attached hydrogen (secondary N) is 1. The molecule has 0 radical (unpaired) electrons. The summed E-state index contributed by atoms with van der Waals surface area (Å²) in [4.78, 5) is 14.6. The second-order valence-corrected chi connectivity index (χ2v) is 4.87. The van der Waals surface area contributed by atoms with Gasteiger partial charge in [0.1, 0.15) is 0 Å². The summed E-state index contributed by atoms with van der Waals surface area (Å²) in [5.74, 6) is -0.496. The van der Waals surface area contributed by atoms with Crippen molar-refractivity contribution in [3.05, 3.63) is 35.0 Å². The molecule has 1 aliphatic carbocycles. The Labute approximate surface area is 107 Å². The number of aryl methyl sites for hydroxylation is 1. The van der Waals surface area contributed by atoms with Crippen molar-refractivity contribution in [2.45, 2.75) is 38.5 Å². The molecule has 2 atom stereocenters. The number of rotatable bonds is 2. The molecule has 0 saturated carbocycles. The summed E-state index contributed by atoms with van der Waals surface area (Å²) in [6.45, 7) is 2.14. The molecule has 0 bridgehead atoms. The summed E-state index contributed by atoms with van der Waals surface area (Å²) < 4.78 is 8.23. The largest absolute Gasteiger partial charge is 0.478 e. The number of H-pyrrole nitrogens is 1. The van der Waals surface area contributed by atoms with Gasteiger partial charge in [-0.3, -0.25) is 0 Å². The van der Waals surface area contributed by atoms with Crippen molar-refractivity contribution in [3.63, 3.8) is 0 Å². The van der Waals surface area contributed by atoms with E-state index in [1.54, 1.807) is 12.1 Å². The molecule has 1 aliphatic rings. The van der Waals surface area contributed by atoms with Gasteiger partial charge in [0.15, 0.2) is 0 Å². The van der Waals surface area contributed by atoms with Crippen molar-refractivity contribution in [2.24, 2.45) is 0 Å². The van der Waals surface area contributed by atoms with Gasteiger partial charge in [-0.15, -0.1) is 0 Å². The lowest BCUT2D eigenvalue weighted by Crippen LogP contribution is -2.07. The number of hydrogen-bond acceptors (Lipinski definition) is 1. The first kappa shape index (κ1) is 10.2. The summed E-state index contributed by atoms with van der Waals surface area (Å²) in [7, 11) is 0. The lowest BCUT2D eigenvalue weighted by atomic mass is 9.85. The number of carbonyl (C=O) groups is 1. The van der Waals surface area contributed by atoms with Gasteiger partial charge in [-0.2, -0.15) is 0 Å². The maximum atomic E-state index is 11.3. The predicted molar refractivity (Wildman–Crippen MR) is 71.2 cm³/mol. The zero-order valence-corrected chi connectivity index (χ0v) is 10.4. The average Bonchev–Trinajstić information content (AvgIpc) is 2.78. The van der Waals surface area contributed by atoms with Crippen molar-refractivity contribution in [3.8, 4) is 0 Å². The van der Waals surface area contributed by atoms with Crippen molar-refractivity contribution in [1.82, 2.24) is 4.98 Å². The normalized spacial score (nSPS) is 23.7. The molecule has 0 aliphatic heterocycles. The van der Waals surface area contributed by atoms with Gasteiger partial charge in [-0.1, -0.05) is 19.1 Å². The van der Waals surface area contributed by atoms with E-state index in [9.17, 15) is 9.90 Å². The van der Waals surface area contributed by atoms with Gasteiger partial charge in [0, 0.05) is 12.5 Å². The third-order valence-electron chi connectivity index (χ3n) is 3.90. The summed E-state index contributed by atoms with van der Waals surface area (Å²) in [6.07, 6.45) is 2.65. The summed E-state index contributed by atoms with van der Waals surface area (Å²) in [6, 6.07) is 5.31. The first-order valence-corrected chi connectivity index (χ1v) is 6.43. The summed E-state index contributed by atoms with van der Waals surface area (Å²) in [5, 5.41) is 10.2. The molecule has 2 unspecified atom stereocenters. The fraction of sp³-hybridized carbons (Fsp3) is 0.400. The minimum absolute atomic E-state index is 0.240. The summed E-state index contributed by atoms with van der Waals surface area (Å²) >= 11 is 0. The van der Waals surface area contributed by atoms with Crippen LogP contribution in [0.4, 0.5) is 0 Å². The van der Waals surface area contributed by atoms with Crippen LogP contribution in [0.15, 0.2) is 18.2 Å². The molecule has 1 heterocycles. The molecule has 2 aromatic rings. The van der Waals surface area contributed by atoms with Crippen LogP contribution in [0.5, 0.6) is 0 Å². The Morgan fingerprint density at radius 1 is 1.61 bits per heavy atom. The van der Waals surface area contributed by atoms with Crippen molar-refractivity contribution >= 4 is 16.9 Å². The van der Waals surface area contributed by atoms with E-state index in [-0.39, 0.29) is 6.40 Å². The fourth-order valence-electron chi connectivity index (χ4n) is 2.96. The van der Waals surface area contributed by atoms with Crippen LogP contribution < -0.4 is 0 Å². The molecule has 3 rings (SSSR count). The highest BCUT2D eigenvalue weighted by atomic mass is 16.4. The molecule has 0 amide bonds. The third kappa shape index (κ3) is 1.54. The molecule has 2 N–H and O–H groups in total. The minimum atomic E-state index is -0.918. The van der Waals surface area contributed by atoms with Gasteiger partial charge >= 0.3 is 5.97 Å². The lowest BCUT2D eigenvalue weighted by molar-refractivity contribution is 0.0699. The Balaban J connectivity index is 2.32. The van der Waals surface area contributed by atoms with E-state index in [0.717, 1.165) is 35.9 Å². The average molecular weight is 244 g/mol. The minimum Gasteiger partial charge on any atom is -0.478 e. The zero-order chi connectivity index (χ0) is 13.6. The number of para-hydroxylation sites is 1. The lowest BCUT2D eigenvalue weighted by Gasteiger charge is -2.20. The number of carboxylic acids is 1. The van der Waals surface area contributed by atoms with Crippen LogP contribution in [-0.2, 0) is 6.40 Å². The van der Waals surface area contributed by atoms with E-state index < -0.39 is 5.97 Å². The number of aromatic amines is 1. The monoisotopic (exact) mass is 244 g/mol.